The van der Waals surface area contributed by atoms with E-state index in [0.29, 0.717) is 5.57 Å². The Morgan fingerprint density at radius 2 is 2.07 bits per heavy atom. The molecule has 1 atom stereocenters. The molecular weight excluding hydrogens is 186 g/mol. The molecule has 0 aromatic heterocycles. The SMILES string of the molecule is C=C1CC(CCc2ccccc2)NC1=O. The smallest absolute Gasteiger partial charge is 0.246 e. The molecule has 0 saturated carbocycles. The molecule has 1 aliphatic heterocycles. The van der Waals surface area contributed by atoms with Crippen molar-refractivity contribution in [3.63, 3.8) is 0 Å². The second-order valence-electron chi connectivity index (χ2n) is 4.00. The molecule has 0 bridgehead atoms. The van der Waals surface area contributed by atoms with Crippen LogP contribution in [-0.4, -0.2) is 11.9 Å². The van der Waals surface area contributed by atoms with E-state index in [4.69, 9.17) is 0 Å². The Kier molecular flexibility index (Phi) is 2.86. The van der Waals surface area contributed by atoms with Gasteiger partial charge in [0.25, 0.3) is 0 Å². The van der Waals surface area contributed by atoms with Gasteiger partial charge in [0.05, 0.1) is 0 Å². The fourth-order valence-electron chi connectivity index (χ4n) is 1.89. The highest BCUT2D eigenvalue weighted by Gasteiger charge is 2.23. The number of aryl methyl sites for hydroxylation is 1. The van der Waals surface area contributed by atoms with Crippen LogP contribution in [0, 0.1) is 0 Å². The second kappa shape index (κ2) is 4.30. The number of hydrogen-bond donors (Lipinski definition) is 1. The number of carbonyl (C=O) groups is 1. The Balaban J connectivity index is 1.85. The number of hydrogen-bond acceptors (Lipinski definition) is 1. The van der Waals surface area contributed by atoms with Crippen LogP contribution < -0.4 is 5.32 Å². The van der Waals surface area contributed by atoms with Crippen molar-refractivity contribution in [1.82, 2.24) is 5.32 Å². The first-order chi connectivity index (χ1) is 7.25. The Morgan fingerprint density at radius 1 is 1.33 bits per heavy atom. The molecule has 78 valence electrons. The lowest BCUT2D eigenvalue weighted by Gasteiger charge is -2.08. The predicted octanol–water partition coefficient (Wildman–Crippen LogP) is 2.06. The van der Waals surface area contributed by atoms with Crippen molar-refractivity contribution >= 4 is 5.91 Å². The molecule has 2 nitrogen and oxygen atoms in total. The fraction of sp³-hybridized carbons (Fsp3) is 0.308. The van der Waals surface area contributed by atoms with Crippen LogP contribution in [0.1, 0.15) is 18.4 Å². The normalized spacial score (nSPS) is 20.4. The molecule has 15 heavy (non-hydrogen) atoms. The summed E-state index contributed by atoms with van der Waals surface area (Å²) < 4.78 is 0. The summed E-state index contributed by atoms with van der Waals surface area (Å²) in [6, 6.07) is 10.6. The molecule has 2 heteroatoms. The minimum Gasteiger partial charge on any atom is -0.349 e. The van der Waals surface area contributed by atoms with Crippen LogP contribution in [0.5, 0.6) is 0 Å². The summed E-state index contributed by atoms with van der Waals surface area (Å²) >= 11 is 0. The highest BCUT2D eigenvalue weighted by Crippen LogP contribution is 2.16. The average Bonchev–Trinajstić information content (AvgIpc) is 2.57. The fourth-order valence-corrected chi connectivity index (χ4v) is 1.89. The van der Waals surface area contributed by atoms with Crippen molar-refractivity contribution in [1.29, 1.82) is 0 Å². The van der Waals surface area contributed by atoms with E-state index < -0.39 is 0 Å². The van der Waals surface area contributed by atoms with E-state index in [-0.39, 0.29) is 11.9 Å². The van der Waals surface area contributed by atoms with E-state index in [2.05, 4.69) is 24.0 Å². The maximum absolute atomic E-state index is 11.2. The molecule has 1 heterocycles. The van der Waals surface area contributed by atoms with Gasteiger partial charge in [-0.25, -0.2) is 0 Å². The third-order valence-corrected chi connectivity index (χ3v) is 2.77. The van der Waals surface area contributed by atoms with Crippen molar-refractivity contribution in [2.45, 2.75) is 25.3 Å². The minimum absolute atomic E-state index is 0.0214. The summed E-state index contributed by atoms with van der Waals surface area (Å²) in [6.07, 6.45) is 2.81. The molecule has 1 aliphatic rings. The zero-order valence-electron chi connectivity index (χ0n) is 8.70. The topological polar surface area (TPSA) is 29.1 Å². The molecule has 1 N–H and O–H groups in total. The van der Waals surface area contributed by atoms with Crippen molar-refractivity contribution < 1.29 is 4.79 Å². The van der Waals surface area contributed by atoms with Crippen LogP contribution in [0.15, 0.2) is 42.5 Å². The van der Waals surface area contributed by atoms with Crippen LogP contribution in [0.4, 0.5) is 0 Å². The van der Waals surface area contributed by atoms with Gasteiger partial charge < -0.3 is 5.32 Å². The van der Waals surface area contributed by atoms with Crippen molar-refractivity contribution in [3.05, 3.63) is 48.0 Å². The van der Waals surface area contributed by atoms with Gasteiger partial charge in [-0.2, -0.15) is 0 Å². The molecule has 0 aliphatic carbocycles. The molecule has 1 amide bonds. The van der Waals surface area contributed by atoms with Gasteiger partial charge in [-0.1, -0.05) is 36.9 Å². The number of rotatable bonds is 3. The number of nitrogens with one attached hydrogen (secondary N) is 1. The monoisotopic (exact) mass is 201 g/mol. The Bertz CT molecular complexity index is 353. The molecule has 1 aromatic carbocycles. The third-order valence-electron chi connectivity index (χ3n) is 2.77. The lowest BCUT2D eigenvalue weighted by Crippen LogP contribution is -2.25. The van der Waals surface area contributed by atoms with Crippen LogP contribution in [0.3, 0.4) is 0 Å². The van der Waals surface area contributed by atoms with Gasteiger partial charge in [0.2, 0.25) is 5.91 Å². The molecule has 1 unspecified atom stereocenters. The highest BCUT2D eigenvalue weighted by molar-refractivity contribution is 5.95. The van der Waals surface area contributed by atoms with Gasteiger partial charge in [-0.3, -0.25) is 4.79 Å². The molecule has 1 saturated heterocycles. The van der Waals surface area contributed by atoms with E-state index in [0.717, 1.165) is 19.3 Å². The summed E-state index contributed by atoms with van der Waals surface area (Å²) in [5, 5.41) is 2.94. The van der Waals surface area contributed by atoms with E-state index in [1.165, 1.54) is 5.56 Å². The molecule has 0 spiro atoms. The molecular formula is C13H15NO. The van der Waals surface area contributed by atoms with Crippen LogP contribution in [0.2, 0.25) is 0 Å². The molecule has 1 aromatic rings. The summed E-state index contributed by atoms with van der Waals surface area (Å²) in [7, 11) is 0. The largest absolute Gasteiger partial charge is 0.349 e. The maximum Gasteiger partial charge on any atom is 0.246 e. The van der Waals surface area contributed by atoms with Gasteiger partial charge in [0, 0.05) is 11.6 Å². The number of benzene rings is 1. The number of amides is 1. The quantitative estimate of drug-likeness (QED) is 0.745. The summed E-state index contributed by atoms with van der Waals surface area (Å²) in [4.78, 5) is 11.2. The predicted molar refractivity (Wildman–Crippen MR) is 60.5 cm³/mol. The Hall–Kier alpha value is -1.57. The van der Waals surface area contributed by atoms with Gasteiger partial charge in [0.1, 0.15) is 0 Å². The van der Waals surface area contributed by atoms with Crippen LogP contribution >= 0.6 is 0 Å². The Labute approximate surface area is 90.0 Å². The third kappa shape index (κ3) is 2.46. The summed E-state index contributed by atoms with van der Waals surface area (Å²) in [5.74, 6) is 0.0214. The summed E-state index contributed by atoms with van der Waals surface area (Å²) in [6.45, 7) is 3.73. The van der Waals surface area contributed by atoms with E-state index in [1.54, 1.807) is 0 Å². The lowest BCUT2D eigenvalue weighted by molar-refractivity contribution is -0.116. The first-order valence-corrected chi connectivity index (χ1v) is 5.28. The van der Waals surface area contributed by atoms with Gasteiger partial charge >= 0.3 is 0 Å². The first kappa shape index (κ1) is 9.97. The van der Waals surface area contributed by atoms with Gasteiger partial charge in [-0.15, -0.1) is 0 Å². The van der Waals surface area contributed by atoms with Gasteiger partial charge in [-0.05, 0) is 24.8 Å². The highest BCUT2D eigenvalue weighted by atomic mass is 16.2. The zero-order chi connectivity index (χ0) is 10.7. The van der Waals surface area contributed by atoms with Crippen LogP contribution in [0.25, 0.3) is 0 Å². The van der Waals surface area contributed by atoms with Crippen molar-refractivity contribution in [2.24, 2.45) is 0 Å². The lowest BCUT2D eigenvalue weighted by atomic mass is 10.0. The first-order valence-electron chi connectivity index (χ1n) is 5.28. The minimum atomic E-state index is 0.0214. The van der Waals surface area contributed by atoms with Gasteiger partial charge in [0.15, 0.2) is 0 Å². The molecule has 0 radical (unpaired) electrons. The van der Waals surface area contributed by atoms with Crippen LogP contribution in [-0.2, 0) is 11.2 Å². The van der Waals surface area contributed by atoms with E-state index in [9.17, 15) is 4.79 Å². The second-order valence-corrected chi connectivity index (χ2v) is 4.00. The zero-order valence-corrected chi connectivity index (χ0v) is 8.70. The molecule has 2 rings (SSSR count). The van der Waals surface area contributed by atoms with E-state index in [1.807, 2.05) is 18.2 Å². The molecule has 1 fully saturated rings. The van der Waals surface area contributed by atoms with Crippen molar-refractivity contribution in [2.75, 3.05) is 0 Å². The standard InChI is InChI=1S/C13H15NO/c1-10-9-12(14-13(10)15)8-7-11-5-3-2-4-6-11/h2-6,12H,1,7-9H2,(H,14,15). The average molecular weight is 201 g/mol. The summed E-state index contributed by atoms with van der Waals surface area (Å²) in [5.41, 5.74) is 2.04. The van der Waals surface area contributed by atoms with Crippen molar-refractivity contribution in [3.8, 4) is 0 Å². The number of carbonyl (C=O) groups excluding carboxylic acids is 1. The Morgan fingerprint density at radius 3 is 2.67 bits per heavy atom. The maximum atomic E-state index is 11.2. The van der Waals surface area contributed by atoms with E-state index >= 15 is 0 Å².